The number of nitrogens with zero attached hydrogens (tertiary/aromatic N) is 1. The highest BCUT2D eigenvalue weighted by molar-refractivity contribution is 7.16. The molecule has 3 nitrogen and oxygen atoms in total. The molecule has 1 amide bonds. The molecule has 0 saturated carbocycles. The van der Waals surface area contributed by atoms with E-state index in [4.69, 9.17) is 11.6 Å². The zero-order valence-electron chi connectivity index (χ0n) is 11.6. The summed E-state index contributed by atoms with van der Waals surface area (Å²) in [5.74, 6) is 0.466. The highest BCUT2D eigenvalue weighted by Gasteiger charge is 2.11. The van der Waals surface area contributed by atoms with Crippen LogP contribution in [0.4, 0.5) is 5.13 Å². The van der Waals surface area contributed by atoms with Gasteiger partial charge in [0.1, 0.15) is 0 Å². The highest BCUT2D eigenvalue weighted by atomic mass is 35.5. The van der Waals surface area contributed by atoms with E-state index in [0.717, 1.165) is 16.1 Å². The van der Waals surface area contributed by atoms with Gasteiger partial charge in [0.15, 0.2) is 5.13 Å². The van der Waals surface area contributed by atoms with Gasteiger partial charge in [-0.2, -0.15) is 0 Å². The Balaban J connectivity index is 2.13. The van der Waals surface area contributed by atoms with Crippen LogP contribution in [0.5, 0.6) is 0 Å². The van der Waals surface area contributed by atoms with E-state index in [1.807, 2.05) is 6.92 Å². The number of carbonyl (C=O) groups is 1. The number of hydrogen-bond donors (Lipinski definition) is 1. The van der Waals surface area contributed by atoms with Crippen LogP contribution in [0.2, 0.25) is 0 Å². The van der Waals surface area contributed by atoms with Crippen LogP contribution in [-0.4, -0.2) is 16.8 Å². The van der Waals surface area contributed by atoms with Crippen molar-refractivity contribution in [3.8, 4) is 11.3 Å². The predicted molar refractivity (Wildman–Crippen MR) is 85.6 cm³/mol. The fourth-order valence-electron chi connectivity index (χ4n) is 1.84. The van der Waals surface area contributed by atoms with Gasteiger partial charge in [0.05, 0.1) is 5.69 Å². The van der Waals surface area contributed by atoms with Gasteiger partial charge in [-0.3, -0.25) is 4.79 Å². The molecule has 0 spiro atoms. The standard InChI is InChI=1S/C15H17ClN2OS/c1-10-5-7-12(8-6-10)14-11(2)20-15(18-14)17-13(19)4-3-9-16/h5-8H,3-4,9H2,1-2H3,(H,17,18,19). The molecule has 0 radical (unpaired) electrons. The number of alkyl halides is 1. The Morgan fingerprint density at radius 2 is 2.00 bits per heavy atom. The number of amides is 1. The number of nitrogens with one attached hydrogen (secondary N) is 1. The van der Waals surface area contributed by atoms with Crippen LogP contribution < -0.4 is 5.32 Å². The summed E-state index contributed by atoms with van der Waals surface area (Å²) in [5.41, 5.74) is 3.23. The highest BCUT2D eigenvalue weighted by Crippen LogP contribution is 2.30. The van der Waals surface area contributed by atoms with Crippen molar-refractivity contribution in [2.75, 3.05) is 11.2 Å². The third-order valence-corrected chi connectivity index (χ3v) is 4.06. The topological polar surface area (TPSA) is 42.0 Å². The Morgan fingerprint density at radius 3 is 2.65 bits per heavy atom. The number of aryl methyl sites for hydroxylation is 2. The van der Waals surface area contributed by atoms with Crippen LogP contribution in [0, 0.1) is 13.8 Å². The molecule has 1 heterocycles. The summed E-state index contributed by atoms with van der Waals surface area (Å²) in [6.07, 6.45) is 1.12. The van der Waals surface area contributed by atoms with Gasteiger partial charge in [-0.05, 0) is 20.3 Å². The molecule has 1 aromatic heterocycles. The summed E-state index contributed by atoms with van der Waals surface area (Å²) in [5, 5.41) is 3.48. The summed E-state index contributed by atoms with van der Waals surface area (Å²) in [6.45, 7) is 4.07. The predicted octanol–water partition coefficient (Wildman–Crippen LogP) is 4.38. The summed E-state index contributed by atoms with van der Waals surface area (Å²) in [4.78, 5) is 17.3. The van der Waals surface area contributed by atoms with Gasteiger partial charge in [-0.15, -0.1) is 22.9 Å². The Kier molecular flexibility index (Phi) is 5.15. The van der Waals surface area contributed by atoms with Crippen molar-refractivity contribution in [3.63, 3.8) is 0 Å². The molecule has 0 unspecified atom stereocenters. The molecule has 20 heavy (non-hydrogen) atoms. The average molecular weight is 309 g/mol. The van der Waals surface area contributed by atoms with E-state index in [1.54, 1.807) is 0 Å². The van der Waals surface area contributed by atoms with Gasteiger partial charge in [-0.1, -0.05) is 29.8 Å². The molecular formula is C15H17ClN2OS. The third kappa shape index (κ3) is 3.81. The fourth-order valence-corrected chi connectivity index (χ4v) is 2.82. The van der Waals surface area contributed by atoms with Crippen molar-refractivity contribution in [1.82, 2.24) is 4.98 Å². The first kappa shape index (κ1) is 15.0. The van der Waals surface area contributed by atoms with Crippen molar-refractivity contribution in [3.05, 3.63) is 34.7 Å². The monoisotopic (exact) mass is 308 g/mol. The number of hydrogen-bond acceptors (Lipinski definition) is 3. The van der Waals surface area contributed by atoms with Gasteiger partial charge in [0.2, 0.25) is 5.91 Å². The first-order valence-corrected chi connectivity index (χ1v) is 7.85. The Hall–Kier alpha value is -1.39. The van der Waals surface area contributed by atoms with Crippen LogP contribution in [0.3, 0.4) is 0 Å². The molecule has 0 saturated heterocycles. The van der Waals surface area contributed by atoms with Gasteiger partial charge in [-0.25, -0.2) is 4.98 Å². The number of rotatable bonds is 5. The quantitative estimate of drug-likeness (QED) is 0.833. The average Bonchev–Trinajstić information content (AvgIpc) is 2.78. The molecule has 0 atom stereocenters. The molecule has 0 aliphatic heterocycles. The number of anilines is 1. The maximum absolute atomic E-state index is 11.7. The lowest BCUT2D eigenvalue weighted by Gasteiger charge is -2.00. The van der Waals surface area contributed by atoms with Crippen molar-refractivity contribution in [2.45, 2.75) is 26.7 Å². The lowest BCUT2D eigenvalue weighted by molar-refractivity contribution is -0.116. The lowest BCUT2D eigenvalue weighted by atomic mass is 10.1. The van der Waals surface area contributed by atoms with Gasteiger partial charge in [0, 0.05) is 22.7 Å². The molecule has 1 aromatic carbocycles. The van der Waals surface area contributed by atoms with Crippen molar-refractivity contribution in [1.29, 1.82) is 0 Å². The second kappa shape index (κ2) is 6.86. The normalized spacial score (nSPS) is 10.6. The maximum Gasteiger partial charge on any atom is 0.226 e. The molecule has 0 aliphatic carbocycles. The maximum atomic E-state index is 11.7. The van der Waals surface area contributed by atoms with Crippen molar-refractivity contribution < 1.29 is 4.79 Å². The summed E-state index contributed by atoms with van der Waals surface area (Å²) < 4.78 is 0. The van der Waals surface area contributed by atoms with E-state index in [2.05, 4.69) is 41.5 Å². The first-order valence-electron chi connectivity index (χ1n) is 6.50. The Bertz CT molecular complexity index is 592. The van der Waals surface area contributed by atoms with Gasteiger partial charge >= 0.3 is 0 Å². The summed E-state index contributed by atoms with van der Waals surface area (Å²) in [6, 6.07) is 8.23. The minimum absolute atomic E-state index is 0.0325. The molecular weight excluding hydrogens is 292 g/mol. The molecule has 106 valence electrons. The Labute approximate surface area is 128 Å². The minimum atomic E-state index is -0.0325. The van der Waals surface area contributed by atoms with E-state index in [0.29, 0.717) is 23.9 Å². The SMILES string of the molecule is Cc1ccc(-c2nc(NC(=O)CCCCl)sc2C)cc1. The molecule has 0 fully saturated rings. The smallest absolute Gasteiger partial charge is 0.226 e. The van der Waals surface area contributed by atoms with Crippen LogP contribution in [-0.2, 0) is 4.79 Å². The molecule has 0 bridgehead atoms. The van der Waals surface area contributed by atoms with Crippen molar-refractivity contribution >= 4 is 34.0 Å². The van der Waals surface area contributed by atoms with Crippen molar-refractivity contribution in [2.24, 2.45) is 0 Å². The van der Waals surface area contributed by atoms with Crippen LogP contribution in [0.1, 0.15) is 23.3 Å². The third-order valence-electron chi connectivity index (χ3n) is 2.91. The van der Waals surface area contributed by atoms with Gasteiger partial charge in [0.25, 0.3) is 0 Å². The molecule has 0 aliphatic rings. The number of halogens is 1. The number of aromatic nitrogens is 1. The lowest BCUT2D eigenvalue weighted by Crippen LogP contribution is -2.10. The fraction of sp³-hybridized carbons (Fsp3) is 0.333. The number of benzene rings is 1. The zero-order chi connectivity index (χ0) is 14.5. The second-order valence-electron chi connectivity index (χ2n) is 4.63. The zero-order valence-corrected chi connectivity index (χ0v) is 13.1. The van der Waals surface area contributed by atoms with E-state index >= 15 is 0 Å². The molecule has 2 aromatic rings. The van der Waals surface area contributed by atoms with Crippen LogP contribution in [0.25, 0.3) is 11.3 Å². The Morgan fingerprint density at radius 1 is 1.30 bits per heavy atom. The largest absolute Gasteiger partial charge is 0.302 e. The van der Waals surface area contributed by atoms with E-state index in [1.165, 1.54) is 16.9 Å². The first-order chi connectivity index (χ1) is 9.60. The van der Waals surface area contributed by atoms with Crippen LogP contribution >= 0.6 is 22.9 Å². The summed E-state index contributed by atoms with van der Waals surface area (Å²) in [7, 11) is 0. The van der Waals surface area contributed by atoms with E-state index < -0.39 is 0 Å². The summed E-state index contributed by atoms with van der Waals surface area (Å²) >= 11 is 7.08. The molecule has 2 rings (SSSR count). The van der Waals surface area contributed by atoms with Gasteiger partial charge < -0.3 is 5.32 Å². The van der Waals surface area contributed by atoms with E-state index in [9.17, 15) is 4.79 Å². The second-order valence-corrected chi connectivity index (χ2v) is 6.21. The molecule has 5 heteroatoms. The van der Waals surface area contributed by atoms with Crippen LogP contribution in [0.15, 0.2) is 24.3 Å². The molecule has 1 N–H and O–H groups in total. The number of thiazole rings is 1. The number of carbonyl (C=O) groups excluding carboxylic acids is 1. The van der Waals surface area contributed by atoms with E-state index in [-0.39, 0.29) is 5.91 Å². The minimum Gasteiger partial charge on any atom is -0.302 e.